The number of nitrogens with zero attached hydrogens (tertiary/aromatic N) is 2. The molecular weight excluding hydrogens is 372 g/mol. The molecule has 22 heavy (non-hydrogen) atoms. The minimum absolute atomic E-state index is 0.0847. The molecule has 1 fully saturated rings. The van der Waals surface area contributed by atoms with E-state index >= 15 is 0 Å². The molecule has 2 aromatic rings. The van der Waals surface area contributed by atoms with Gasteiger partial charge in [-0.05, 0) is 31.9 Å². The van der Waals surface area contributed by atoms with Crippen molar-refractivity contribution in [3.63, 3.8) is 0 Å². The Morgan fingerprint density at radius 1 is 1.45 bits per heavy atom. The monoisotopic (exact) mass is 384 g/mol. The molecule has 116 valence electrons. The fourth-order valence-corrected chi connectivity index (χ4v) is 3.11. The lowest BCUT2D eigenvalue weighted by Crippen LogP contribution is -2.08. The number of ether oxygens (including phenoxy) is 1. The Hall–Kier alpha value is -1.40. The summed E-state index contributed by atoms with van der Waals surface area (Å²) < 4.78 is 12.0. The van der Waals surface area contributed by atoms with Crippen LogP contribution < -0.4 is 4.74 Å². The van der Waals surface area contributed by atoms with Gasteiger partial charge in [0.1, 0.15) is 5.75 Å². The summed E-state index contributed by atoms with van der Waals surface area (Å²) in [5, 5.41) is 8.38. The average Bonchev–Trinajstić information content (AvgIpc) is 2.83. The molecule has 0 radical (unpaired) electrons. The average molecular weight is 386 g/mol. The number of rotatable bonds is 5. The van der Waals surface area contributed by atoms with Crippen molar-refractivity contribution in [2.24, 2.45) is 0 Å². The molecule has 0 amide bonds. The maximum atomic E-state index is 11.7. The van der Waals surface area contributed by atoms with E-state index in [1.807, 2.05) is 0 Å². The van der Waals surface area contributed by atoms with Crippen LogP contribution in [-0.4, -0.2) is 16.0 Å². The van der Waals surface area contributed by atoms with Crippen LogP contribution in [0.3, 0.4) is 0 Å². The Morgan fingerprint density at radius 3 is 2.86 bits per heavy atom. The van der Waals surface area contributed by atoms with Crippen LogP contribution >= 0.6 is 27.5 Å². The van der Waals surface area contributed by atoms with Gasteiger partial charge in [-0.2, -0.15) is 0 Å². The van der Waals surface area contributed by atoms with Crippen molar-refractivity contribution in [1.29, 1.82) is 0 Å². The van der Waals surface area contributed by atoms with Gasteiger partial charge in [-0.1, -0.05) is 34.0 Å². The number of ketones is 1. The van der Waals surface area contributed by atoms with Crippen LogP contribution in [0.15, 0.2) is 21.0 Å². The van der Waals surface area contributed by atoms with Crippen molar-refractivity contribution in [3.05, 3.63) is 39.0 Å². The van der Waals surface area contributed by atoms with Crippen molar-refractivity contribution < 1.29 is 13.9 Å². The molecule has 0 saturated heterocycles. The number of aromatic nitrogens is 2. The molecule has 0 atom stereocenters. The van der Waals surface area contributed by atoms with Crippen LogP contribution in [-0.2, 0) is 6.61 Å². The Morgan fingerprint density at radius 2 is 2.23 bits per heavy atom. The number of halogens is 2. The van der Waals surface area contributed by atoms with Gasteiger partial charge in [0.25, 0.3) is 5.89 Å². The molecule has 0 bridgehead atoms. The summed E-state index contributed by atoms with van der Waals surface area (Å²) in [5.74, 6) is 1.64. The lowest BCUT2D eigenvalue weighted by Gasteiger charge is -2.20. The maximum Gasteiger partial charge on any atom is 0.253 e. The number of benzene rings is 1. The van der Waals surface area contributed by atoms with E-state index in [2.05, 4.69) is 26.1 Å². The van der Waals surface area contributed by atoms with Gasteiger partial charge in [-0.25, -0.2) is 0 Å². The molecule has 0 spiro atoms. The first-order valence-electron chi connectivity index (χ1n) is 6.99. The van der Waals surface area contributed by atoms with E-state index in [-0.39, 0.29) is 12.4 Å². The van der Waals surface area contributed by atoms with Gasteiger partial charge >= 0.3 is 0 Å². The Labute approximate surface area is 141 Å². The van der Waals surface area contributed by atoms with E-state index in [9.17, 15) is 4.79 Å². The van der Waals surface area contributed by atoms with E-state index in [0.717, 1.165) is 17.3 Å². The molecule has 3 rings (SSSR count). The molecule has 0 aliphatic heterocycles. The lowest BCUT2D eigenvalue weighted by atomic mass is 9.85. The summed E-state index contributed by atoms with van der Waals surface area (Å²) >= 11 is 9.47. The molecule has 7 heteroatoms. The largest absolute Gasteiger partial charge is 0.481 e. The van der Waals surface area contributed by atoms with Crippen LogP contribution in [0.4, 0.5) is 0 Å². The third kappa shape index (κ3) is 3.17. The normalized spacial score (nSPS) is 14.7. The first-order valence-corrected chi connectivity index (χ1v) is 8.16. The highest BCUT2D eigenvalue weighted by molar-refractivity contribution is 9.10. The summed E-state index contributed by atoms with van der Waals surface area (Å²) in [5.41, 5.74) is 0.415. The smallest absolute Gasteiger partial charge is 0.253 e. The maximum absolute atomic E-state index is 11.7. The first-order chi connectivity index (χ1) is 10.5. The van der Waals surface area contributed by atoms with Gasteiger partial charge in [0, 0.05) is 10.4 Å². The van der Waals surface area contributed by atoms with Gasteiger partial charge in [0.15, 0.2) is 12.4 Å². The van der Waals surface area contributed by atoms with Crippen molar-refractivity contribution in [3.8, 4) is 5.75 Å². The topological polar surface area (TPSA) is 65.2 Å². The number of carbonyl (C=O) groups excluding carboxylic acids is 1. The highest BCUT2D eigenvalue weighted by Crippen LogP contribution is 2.36. The molecule has 1 aliphatic carbocycles. The van der Waals surface area contributed by atoms with Crippen molar-refractivity contribution in [2.45, 2.75) is 38.7 Å². The quantitative estimate of drug-likeness (QED) is 0.707. The lowest BCUT2D eigenvalue weighted by molar-refractivity contribution is 0.101. The predicted octanol–water partition coefficient (Wildman–Crippen LogP) is 4.53. The Kier molecular flexibility index (Phi) is 4.49. The second kappa shape index (κ2) is 6.38. The molecule has 1 aliphatic rings. The molecule has 0 N–H and O–H groups in total. The SMILES string of the molecule is CC(=O)c1cc(Br)cc(Cl)c1OCc1nnc(C2CCC2)o1. The summed E-state index contributed by atoms with van der Waals surface area (Å²) in [6.45, 7) is 1.55. The zero-order valence-corrected chi connectivity index (χ0v) is 14.3. The number of hydrogen-bond acceptors (Lipinski definition) is 5. The zero-order valence-electron chi connectivity index (χ0n) is 11.9. The van der Waals surface area contributed by atoms with Crippen LogP contribution in [0.25, 0.3) is 0 Å². The molecule has 1 heterocycles. The van der Waals surface area contributed by atoms with Crippen LogP contribution in [0.5, 0.6) is 5.75 Å². The summed E-state index contributed by atoms with van der Waals surface area (Å²) in [6, 6.07) is 3.36. The van der Waals surface area contributed by atoms with Gasteiger partial charge in [0.2, 0.25) is 5.89 Å². The standard InChI is InChI=1S/C15H14BrClN2O3/c1-8(20)11-5-10(16)6-12(17)14(11)21-7-13-18-19-15(22-13)9-3-2-4-9/h5-6,9H,2-4,7H2,1H3. The van der Waals surface area contributed by atoms with Crippen molar-refractivity contribution in [2.75, 3.05) is 0 Å². The Balaban J connectivity index is 1.75. The fraction of sp³-hybridized carbons (Fsp3) is 0.400. The number of Topliss-reactive ketones (excluding diaryl/α,β-unsaturated/α-hetero) is 1. The molecular formula is C15H14BrClN2O3. The van der Waals surface area contributed by atoms with E-state index < -0.39 is 0 Å². The van der Waals surface area contributed by atoms with Gasteiger partial charge in [-0.3, -0.25) is 4.79 Å². The second-order valence-corrected chi connectivity index (χ2v) is 6.59. The highest BCUT2D eigenvalue weighted by Gasteiger charge is 2.25. The van der Waals surface area contributed by atoms with Crippen LogP contribution in [0.1, 0.15) is 54.2 Å². The van der Waals surface area contributed by atoms with E-state index in [0.29, 0.717) is 34.0 Å². The summed E-state index contributed by atoms with van der Waals surface area (Å²) in [7, 11) is 0. The molecule has 1 aromatic heterocycles. The van der Waals surface area contributed by atoms with Gasteiger partial charge in [-0.15, -0.1) is 10.2 Å². The van der Waals surface area contributed by atoms with Crippen molar-refractivity contribution >= 4 is 33.3 Å². The van der Waals surface area contributed by atoms with Crippen LogP contribution in [0.2, 0.25) is 5.02 Å². The fourth-order valence-electron chi connectivity index (χ4n) is 2.25. The number of hydrogen-bond donors (Lipinski definition) is 0. The minimum atomic E-state index is -0.126. The number of carbonyl (C=O) groups is 1. The molecule has 1 saturated carbocycles. The highest BCUT2D eigenvalue weighted by atomic mass is 79.9. The summed E-state index contributed by atoms with van der Waals surface area (Å²) in [4.78, 5) is 11.7. The molecule has 5 nitrogen and oxygen atoms in total. The van der Waals surface area contributed by atoms with Gasteiger partial charge < -0.3 is 9.15 Å². The summed E-state index contributed by atoms with van der Waals surface area (Å²) in [6.07, 6.45) is 3.39. The molecule has 0 unspecified atom stereocenters. The third-order valence-corrected chi connectivity index (χ3v) is 4.40. The van der Waals surface area contributed by atoms with E-state index in [1.54, 1.807) is 12.1 Å². The minimum Gasteiger partial charge on any atom is -0.481 e. The van der Waals surface area contributed by atoms with Crippen LogP contribution in [0, 0.1) is 0 Å². The third-order valence-electron chi connectivity index (χ3n) is 3.66. The Bertz CT molecular complexity index is 713. The zero-order chi connectivity index (χ0) is 15.7. The first kappa shape index (κ1) is 15.5. The van der Waals surface area contributed by atoms with Gasteiger partial charge in [0.05, 0.1) is 10.6 Å². The second-order valence-electron chi connectivity index (χ2n) is 5.27. The predicted molar refractivity (Wildman–Crippen MR) is 84.4 cm³/mol. The van der Waals surface area contributed by atoms with Crippen molar-refractivity contribution in [1.82, 2.24) is 10.2 Å². The van der Waals surface area contributed by atoms with E-state index in [1.165, 1.54) is 13.3 Å². The molecule has 1 aromatic carbocycles. The van der Waals surface area contributed by atoms with E-state index in [4.69, 9.17) is 20.8 Å².